The highest BCUT2D eigenvalue weighted by Gasteiger charge is 2.35. The van der Waals surface area contributed by atoms with Gasteiger partial charge in [-0.05, 0) is 36.8 Å². The molecule has 0 atom stereocenters. The number of piperazine rings is 1. The normalized spacial score (nSPS) is 15.1. The van der Waals surface area contributed by atoms with E-state index >= 15 is 0 Å². The van der Waals surface area contributed by atoms with E-state index in [1.807, 2.05) is 0 Å². The van der Waals surface area contributed by atoms with Crippen molar-refractivity contribution < 1.29 is 36.6 Å². The fourth-order valence-electron chi connectivity index (χ4n) is 4.21. The molecule has 2 aromatic carbocycles. The average molecular weight is 525 g/mol. The fourth-order valence-corrected chi connectivity index (χ4v) is 4.21. The minimum absolute atomic E-state index is 0.0153. The summed E-state index contributed by atoms with van der Waals surface area (Å²) in [7, 11) is 0. The number of aromatic nitrogens is 2. The minimum atomic E-state index is -4.40. The topological polar surface area (TPSA) is 90.7 Å². The number of aryl methyl sites for hydroxylation is 1. The molecule has 1 aromatic heterocycles. The summed E-state index contributed by atoms with van der Waals surface area (Å²) in [6.07, 6.45) is -6.79. The van der Waals surface area contributed by atoms with E-state index in [0.717, 1.165) is 11.0 Å². The van der Waals surface area contributed by atoms with E-state index in [-0.39, 0.29) is 49.9 Å². The molecular weight excluding hydrogens is 501 g/mol. The van der Waals surface area contributed by atoms with Gasteiger partial charge in [-0.1, -0.05) is 12.1 Å². The van der Waals surface area contributed by atoms with Crippen LogP contribution >= 0.6 is 0 Å². The molecule has 0 aliphatic carbocycles. The van der Waals surface area contributed by atoms with Gasteiger partial charge in [0.2, 0.25) is 11.9 Å². The molecule has 0 saturated carbocycles. The predicted molar refractivity (Wildman–Crippen MR) is 126 cm³/mol. The maximum absolute atomic E-state index is 13.0. The second kappa shape index (κ2) is 10.8. The van der Waals surface area contributed by atoms with E-state index in [4.69, 9.17) is 0 Å². The third-order valence-electron chi connectivity index (χ3n) is 5.91. The van der Waals surface area contributed by atoms with E-state index in [0.29, 0.717) is 23.1 Å². The Morgan fingerprint density at radius 1 is 1.14 bits per heavy atom. The molecule has 13 heteroatoms. The van der Waals surface area contributed by atoms with Gasteiger partial charge in [-0.3, -0.25) is 19.8 Å². The number of nitrogens with one attached hydrogen (secondary N) is 1. The van der Waals surface area contributed by atoms with E-state index in [1.54, 1.807) is 22.8 Å². The van der Waals surface area contributed by atoms with E-state index in [1.165, 1.54) is 23.1 Å². The van der Waals surface area contributed by atoms with Gasteiger partial charge in [-0.25, -0.2) is 13.8 Å². The van der Waals surface area contributed by atoms with Crippen molar-refractivity contribution in [3.8, 4) is 0 Å². The van der Waals surface area contributed by atoms with Crippen LogP contribution in [0.2, 0.25) is 0 Å². The summed E-state index contributed by atoms with van der Waals surface area (Å²) in [5.41, 5.74) is 1.14. The molecule has 0 bridgehead atoms. The molecule has 3 aromatic rings. The molecule has 2 N–H and O–H groups in total. The van der Waals surface area contributed by atoms with Crippen molar-refractivity contribution in [3.63, 3.8) is 0 Å². The second-order valence-corrected chi connectivity index (χ2v) is 8.59. The highest BCUT2D eigenvalue weighted by Crippen LogP contribution is 2.28. The molecular formula is C24H24F5N5O3. The van der Waals surface area contributed by atoms with Crippen molar-refractivity contribution in [2.75, 3.05) is 43.0 Å². The summed E-state index contributed by atoms with van der Waals surface area (Å²) < 4.78 is 65.8. The standard InChI is InChI=1S/C24H24F5N5O3/c25-21(26)15-3-1-4-16(11-15)22(37)31-23-30-18-12-17(5-6-19(18)34(23)7-2-10-35)33-9-8-32(13-20(33)36)14-24(27,28)29/h1,3-6,11-12,21,35H,2,7-10,13-14H2,(H,30,31,37). The largest absolute Gasteiger partial charge is 0.401 e. The Morgan fingerprint density at radius 3 is 2.59 bits per heavy atom. The first-order valence-corrected chi connectivity index (χ1v) is 11.5. The van der Waals surface area contributed by atoms with Gasteiger partial charge in [0.1, 0.15) is 0 Å². The van der Waals surface area contributed by atoms with Crippen LogP contribution in [0.3, 0.4) is 0 Å². The Labute approximate surface area is 208 Å². The first kappa shape index (κ1) is 26.5. The molecule has 0 spiro atoms. The maximum Gasteiger partial charge on any atom is 0.401 e. The molecule has 2 amide bonds. The number of nitrogens with zero attached hydrogens (tertiary/aromatic N) is 4. The van der Waals surface area contributed by atoms with E-state index in [9.17, 15) is 36.6 Å². The van der Waals surface area contributed by atoms with Gasteiger partial charge in [-0.2, -0.15) is 13.2 Å². The van der Waals surface area contributed by atoms with Gasteiger partial charge in [0.05, 0.1) is 24.1 Å². The number of carbonyl (C=O) groups excluding carboxylic acids is 2. The van der Waals surface area contributed by atoms with Gasteiger partial charge < -0.3 is 14.6 Å². The minimum Gasteiger partial charge on any atom is -0.396 e. The van der Waals surface area contributed by atoms with Crippen LogP contribution in [0.4, 0.5) is 33.6 Å². The van der Waals surface area contributed by atoms with Crippen LogP contribution in [-0.4, -0.2) is 70.3 Å². The molecule has 2 heterocycles. The number of imidazole rings is 1. The molecule has 37 heavy (non-hydrogen) atoms. The zero-order chi connectivity index (χ0) is 26.7. The Hall–Kier alpha value is -3.58. The number of carbonyl (C=O) groups is 2. The summed E-state index contributed by atoms with van der Waals surface area (Å²) in [6, 6.07) is 9.93. The van der Waals surface area contributed by atoms with Crippen LogP contribution in [0.15, 0.2) is 42.5 Å². The number of amides is 2. The zero-order valence-corrected chi connectivity index (χ0v) is 19.5. The van der Waals surface area contributed by atoms with Crippen molar-refractivity contribution in [2.45, 2.75) is 25.6 Å². The van der Waals surface area contributed by atoms with Crippen molar-refractivity contribution in [3.05, 3.63) is 53.6 Å². The SMILES string of the molecule is O=C(Nc1nc2cc(N3CCN(CC(F)(F)F)CC3=O)ccc2n1CCCO)c1cccc(C(F)F)c1. The van der Waals surface area contributed by atoms with Crippen LogP contribution in [0.5, 0.6) is 0 Å². The molecule has 4 rings (SSSR count). The molecule has 8 nitrogen and oxygen atoms in total. The number of hydrogen-bond donors (Lipinski definition) is 2. The average Bonchev–Trinajstić information content (AvgIpc) is 3.17. The fraction of sp³-hybridized carbons (Fsp3) is 0.375. The van der Waals surface area contributed by atoms with Gasteiger partial charge in [0.15, 0.2) is 0 Å². The maximum atomic E-state index is 13.0. The monoisotopic (exact) mass is 525 g/mol. The Morgan fingerprint density at radius 2 is 1.92 bits per heavy atom. The van der Waals surface area contributed by atoms with Crippen molar-refractivity contribution >= 4 is 34.5 Å². The van der Waals surface area contributed by atoms with E-state index < -0.39 is 31.0 Å². The summed E-state index contributed by atoms with van der Waals surface area (Å²) in [5, 5.41) is 11.9. The van der Waals surface area contributed by atoms with Gasteiger partial charge in [0.25, 0.3) is 12.3 Å². The summed E-state index contributed by atoms with van der Waals surface area (Å²) in [4.78, 5) is 32.2. The number of fused-ring (bicyclic) bond motifs is 1. The Bertz CT molecular complexity index is 1290. The first-order valence-electron chi connectivity index (χ1n) is 11.5. The number of halogens is 5. The molecule has 1 aliphatic heterocycles. The molecule has 0 radical (unpaired) electrons. The molecule has 1 fully saturated rings. The third-order valence-corrected chi connectivity index (χ3v) is 5.91. The highest BCUT2D eigenvalue weighted by molar-refractivity contribution is 6.04. The van der Waals surface area contributed by atoms with Crippen LogP contribution in [0.25, 0.3) is 11.0 Å². The molecule has 1 aliphatic rings. The quantitative estimate of drug-likeness (QED) is 0.437. The number of aliphatic hydroxyl groups excluding tert-OH is 1. The zero-order valence-electron chi connectivity index (χ0n) is 19.5. The smallest absolute Gasteiger partial charge is 0.396 e. The lowest BCUT2D eigenvalue weighted by Gasteiger charge is -2.34. The van der Waals surface area contributed by atoms with Gasteiger partial charge >= 0.3 is 6.18 Å². The van der Waals surface area contributed by atoms with Gasteiger partial charge in [-0.15, -0.1) is 0 Å². The number of anilines is 2. The number of alkyl halides is 5. The van der Waals surface area contributed by atoms with Crippen molar-refractivity contribution in [1.82, 2.24) is 14.5 Å². The molecule has 198 valence electrons. The lowest BCUT2D eigenvalue weighted by atomic mass is 10.1. The number of benzene rings is 2. The van der Waals surface area contributed by atoms with Crippen LogP contribution < -0.4 is 10.2 Å². The first-order chi connectivity index (χ1) is 17.6. The van der Waals surface area contributed by atoms with Crippen LogP contribution in [0, 0.1) is 0 Å². The number of rotatable bonds is 8. The summed E-state index contributed by atoms with van der Waals surface area (Å²) >= 11 is 0. The van der Waals surface area contributed by atoms with Gasteiger partial charge in [0, 0.05) is 43.1 Å². The summed E-state index contributed by atoms with van der Waals surface area (Å²) in [5.74, 6) is -1.02. The second-order valence-electron chi connectivity index (χ2n) is 8.59. The van der Waals surface area contributed by atoms with Crippen molar-refractivity contribution in [1.29, 1.82) is 0 Å². The molecule has 1 saturated heterocycles. The molecule has 0 unspecified atom stereocenters. The van der Waals surface area contributed by atoms with E-state index in [2.05, 4.69) is 10.3 Å². The number of hydrogen-bond acceptors (Lipinski definition) is 5. The lowest BCUT2D eigenvalue weighted by molar-refractivity contribution is -0.150. The third kappa shape index (κ3) is 6.23. The predicted octanol–water partition coefficient (Wildman–Crippen LogP) is 3.82. The Balaban J connectivity index is 1.59. The summed E-state index contributed by atoms with van der Waals surface area (Å²) in [6.45, 7) is -1.26. The van der Waals surface area contributed by atoms with Crippen molar-refractivity contribution in [2.24, 2.45) is 0 Å². The van der Waals surface area contributed by atoms with Crippen LogP contribution in [-0.2, 0) is 11.3 Å². The highest BCUT2D eigenvalue weighted by atomic mass is 19.4. The van der Waals surface area contributed by atoms with Crippen LogP contribution in [0.1, 0.15) is 28.8 Å². The Kier molecular flexibility index (Phi) is 7.73. The lowest BCUT2D eigenvalue weighted by Crippen LogP contribution is -2.52. The number of aliphatic hydroxyl groups is 1.